The molecule has 0 amide bonds. The Kier molecular flexibility index (Phi) is 4.03. The van der Waals surface area contributed by atoms with Gasteiger partial charge in [-0.15, -0.1) is 0 Å². The SMILES string of the molecule is Cc1cc(C)c(C(N)c2ccc(CN)cc2)cc1C. The van der Waals surface area contributed by atoms with Gasteiger partial charge in [-0.1, -0.05) is 36.4 Å². The lowest BCUT2D eigenvalue weighted by Gasteiger charge is -2.17. The minimum absolute atomic E-state index is 0.0777. The maximum absolute atomic E-state index is 6.40. The lowest BCUT2D eigenvalue weighted by molar-refractivity contribution is 0.856. The van der Waals surface area contributed by atoms with Crippen molar-refractivity contribution in [2.45, 2.75) is 33.4 Å². The second kappa shape index (κ2) is 5.55. The van der Waals surface area contributed by atoms with E-state index < -0.39 is 0 Å². The first-order chi connectivity index (χ1) is 9.02. The van der Waals surface area contributed by atoms with Gasteiger partial charge in [0.25, 0.3) is 0 Å². The van der Waals surface area contributed by atoms with E-state index in [1.165, 1.54) is 22.3 Å². The monoisotopic (exact) mass is 254 g/mol. The lowest BCUT2D eigenvalue weighted by atomic mass is 9.92. The topological polar surface area (TPSA) is 52.0 Å². The molecule has 0 spiro atoms. The smallest absolute Gasteiger partial charge is 0.0554 e. The molecule has 2 heteroatoms. The summed E-state index contributed by atoms with van der Waals surface area (Å²) in [5, 5.41) is 0. The Morgan fingerprint density at radius 2 is 1.47 bits per heavy atom. The van der Waals surface area contributed by atoms with Gasteiger partial charge in [0.05, 0.1) is 6.04 Å². The molecule has 0 aliphatic carbocycles. The van der Waals surface area contributed by atoms with Crippen molar-refractivity contribution in [3.05, 3.63) is 69.8 Å². The van der Waals surface area contributed by atoms with Crippen molar-refractivity contribution < 1.29 is 0 Å². The molecule has 2 aromatic rings. The summed E-state index contributed by atoms with van der Waals surface area (Å²) < 4.78 is 0. The van der Waals surface area contributed by atoms with Gasteiger partial charge in [0.1, 0.15) is 0 Å². The molecule has 0 saturated carbocycles. The molecule has 2 rings (SSSR count). The van der Waals surface area contributed by atoms with Crippen molar-refractivity contribution in [2.24, 2.45) is 11.5 Å². The molecule has 0 aliphatic rings. The first-order valence-electron chi connectivity index (χ1n) is 6.65. The molecule has 1 unspecified atom stereocenters. The van der Waals surface area contributed by atoms with Crippen LogP contribution in [0.15, 0.2) is 36.4 Å². The fourth-order valence-electron chi connectivity index (χ4n) is 2.36. The van der Waals surface area contributed by atoms with Crippen LogP contribution in [0, 0.1) is 20.8 Å². The average molecular weight is 254 g/mol. The summed E-state index contributed by atoms with van der Waals surface area (Å²) in [6.45, 7) is 6.95. The van der Waals surface area contributed by atoms with Crippen molar-refractivity contribution >= 4 is 0 Å². The summed E-state index contributed by atoms with van der Waals surface area (Å²) in [7, 11) is 0. The van der Waals surface area contributed by atoms with Gasteiger partial charge in [-0.05, 0) is 54.2 Å². The number of hydrogen-bond donors (Lipinski definition) is 2. The predicted molar refractivity (Wildman–Crippen MR) is 81.0 cm³/mol. The number of aryl methyl sites for hydroxylation is 3. The van der Waals surface area contributed by atoms with Crippen LogP contribution in [-0.4, -0.2) is 0 Å². The van der Waals surface area contributed by atoms with Gasteiger partial charge in [-0.2, -0.15) is 0 Å². The number of rotatable bonds is 3. The van der Waals surface area contributed by atoms with E-state index in [1.807, 2.05) is 12.1 Å². The van der Waals surface area contributed by atoms with Crippen LogP contribution in [0.4, 0.5) is 0 Å². The Labute approximate surface area is 115 Å². The molecule has 1 atom stereocenters. The molecule has 0 bridgehead atoms. The van der Waals surface area contributed by atoms with Crippen LogP contribution in [0.1, 0.15) is 39.4 Å². The largest absolute Gasteiger partial charge is 0.326 e. The molecular weight excluding hydrogens is 232 g/mol. The maximum Gasteiger partial charge on any atom is 0.0554 e. The summed E-state index contributed by atoms with van der Waals surface area (Å²) in [5.41, 5.74) is 19.3. The Hall–Kier alpha value is -1.64. The Bertz CT molecular complexity index is 571. The van der Waals surface area contributed by atoms with Gasteiger partial charge >= 0.3 is 0 Å². The van der Waals surface area contributed by atoms with Crippen LogP contribution in [0.25, 0.3) is 0 Å². The molecular formula is C17H22N2. The normalized spacial score (nSPS) is 12.5. The number of nitrogens with two attached hydrogens (primary N) is 2. The van der Waals surface area contributed by atoms with E-state index in [1.54, 1.807) is 0 Å². The van der Waals surface area contributed by atoms with E-state index in [-0.39, 0.29) is 6.04 Å². The van der Waals surface area contributed by atoms with Crippen LogP contribution in [-0.2, 0) is 6.54 Å². The van der Waals surface area contributed by atoms with E-state index >= 15 is 0 Å². The zero-order valence-electron chi connectivity index (χ0n) is 11.9. The zero-order chi connectivity index (χ0) is 14.0. The van der Waals surface area contributed by atoms with Crippen LogP contribution in [0.3, 0.4) is 0 Å². The predicted octanol–water partition coefficient (Wildman–Crippen LogP) is 3.12. The lowest BCUT2D eigenvalue weighted by Crippen LogP contribution is -2.14. The fourth-order valence-corrected chi connectivity index (χ4v) is 2.36. The number of benzene rings is 2. The van der Waals surface area contributed by atoms with Crippen molar-refractivity contribution in [3.8, 4) is 0 Å². The van der Waals surface area contributed by atoms with Gasteiger partial charge in [-0.25, -0.2) is 0 Å². The number of hydrogen-bond acceptors (Lipinski definition) is 2. The molecule has 0 fully saturated rings. The molecule has 100 valence electrons. The molecule has 2 nitrogen and oxygen atoms in total. The third-order valence-electron chi connectivity index (χ3n) is 3.79. The molecule has 4 N–H and O–H groups in total. The van der Waals surface area contributed by atoms with Gasteiger partial charge in [-0.3, -0.25) is 0 Å². The summed E-state index contributed by atoms with van der Waals surface area (Å²) in [6.07, 6.45) is 0. The minimum atomic E-state index is -0.0777. The highest BCUT2D eigenvalue weighted by atomic mass is 14.6. The highest BCUT2D eigenvalue weighted by Crippen LogP contribution is 2.25. The maximum atomic E-state index is 6.40. The van der Waals surface area contributed by atoms with Crippen molar-refractivity contribution in [1.29, 1.82) is 0 Å². The van der Waals surface area contributed by atoms with Crippen LogP contribution < -0.4 is 11.5 Å². The van der Waals surface area contributed by atoms with Crippen LogP contribution >= 0.6 is 0 Å². The Balaban J connectivity index is 2.37. The summed E-state index contributed by atoms with van der Waals surface area (Å²) in [4.78, 5) is 0. The molecule has 0 aromatic heterocycles. The second-order valence-electron chi connectivity index (χ2n) is 5.22. The summed E-state index contributed by atoms with van der Waals surface area (Å²) in [5.74, 6) is 0. The minimum Gasteiger partial charge on any atom is -0.326 e. The van der Waals surface area contributed by atoms with E-state index in [2.05, 4.69) is 45.0 Å². The average Bonchev–Trinajstić information content (AvgIpc) is 2.42. The molecule has 0 aliphatic heterocycles. The quantitative estimate of drug-likeness (QED) is 0.884. The Morgan fingerprint density at radius 3 is 2.05 bits per heavy atom. The fraction of sp³-hybridized carbons (Fsp3) is 0.294. The summed E-state index contributed by atoms with van der Waals surface area (Å²) in [6, 6.07) is 12.6. The van der Waals surface area contributed by atoms with E-state index in [9.17, 15) is 0 Å². The van der Waals surface area contributed by atoms with E-state index in [4.69, 9.17) is 11.5 Å². The van der Waals surface area contributed by atoms with Crippen molar-refractivity contribution in [3.63, 3.8) is 0 Å². The third-order valence-corrected chi connectivity index (χ3v) is 3.79. The van der Waals surface area contributed by atoms with Crippen molar-refractivity contribution in [1.82, 2.24) is 0 Å². The highest BCUT2D eigenvalue weighted by Gasteiger charge is 2.12. The van der Waals surface area contributed by atoms with Gasteiger partial charge in [0.2, 0.25) is 0 Å². The Morgan fingerprint density at radius 1 is 0.895 bits per heavy atom. The molecule has 0 heterocycles. The first-order valence-corrected chi connectivity index (χ1v) is 6.65. The zero-order valence-corrected chi connectivity index (χ0v) is 11.9. The van der Waals surface area contributed by atoms with Gasteiger partial charge in [0, 0.05) is 6.54 Å². The van der Waals surface area contributed by atoms with E-state index in [0.29, 0.717) is 6.54 Å². The van der Waals surface area contributed by atoms with Crippen LogP contribution in [0.5, 0.6) is 0 Å². The van der Waals surface area contributed by atoms with Crippen molar-refractivity contribution in [2.75, 3.05) is 0 Å². The second-order valence-corrected chi connectivity index (χ2v) is 5.22. The third kappa shape index (κ3) is 2.86. The highest BCUT2D eigenvalue weighted by molar-refractivity contribution is 5.42. The molecule has 19 heavy (non-hydrogen) atoms. The van der Waals surface area contributed by atoms with Gasteiger partial charge in [0.15, 0.2) is 0 Å². The standard InChI is InChI=1S/C17H22N2/c1-11-8-13(3)16(9-12(11)2)17(19)15-6-4-14(10-18)5-7-15/h4-9,17H,10,18-19H2,1-3H3. The molecule has 2 aromatic carbocycles. The summed E-state index contributed by atoms with van der Waals surface area (Å²) >= 11 is 0. The van der Waals surface area contributed by atoms with Gasteiger partial charge < -0.3 is 11.5 Å². The van der Waals surface area contributed by atoms with Crippen LogP contribution in [0.2, 0.25) is 0 Å². The van der Waals surface area contributed by atoms with E-state index in [0.717, 1.165) is 11.1 Å². The molecule has 0 radical (unpaired) electrons. The first kappa shape index (κ1) is 13.8. The molecule has 0 saturated heterocycles.